The molecular weight excluding hydrogens is 550 g/mol. The number of amides is 1. The molecule has 2 aliphatic rings. The molecule has 236 valence electrons. The molecular formula is C36H49N5O3. The fourth-order valence-electron chi connectivity index (χ4n) is 7.23. The number of nitrogens with zero attached hydrogens (tertiary/aromatic N) is 3. The molecule has 1 aliphatic heterocycles. The van der Waals surface area contributed by atoms with Gasteiger partial charge in [-0.2, -0.15) is 0 Å². The molecule has 0 radical (unpaired) electrons. The minimum atomic E-state index is -0.177. The Morgan fingerprint density at radius 3 is 2.41 bits per heavy atom. The van der Waals surface area contributed by atoms with Crippen LogP contribution >= 0.6 is 0 Å². The van der Waals surface area contributed by atoms with E-state index in [9.17, 15) is 9.59 Å². The van der Waals surface area contributed by atoms with Gasteiger partial charge in [0.2, 0.25) is 0 Å². The predicted molar refractivity (Wildman–Crippen MR) is 177 cm³/mol. The second-order valence-corrected chi connectivity index (χ2v) is 13.1. The summed E-state index contributed by atoms with van der Waals surface area (Å²) in [7, 11) is 0. The number of morpholine rings is 1. The number of ether oxygens (including phenoxy) is 1. The Labute approximate surface area is 262 Å². The van der Waals surface area contributed by atoms with Crippen LogP contribution in [-0.2, 0) is 17.8 Å². The third-order valence-electron chi connectivity index (χ3n) is 9.44. The van der Waals surface area contributed by atoms with Crippen LogP contribution < -0.4 is 15.8 Å². The van der Waals surface area contributed by atoms with Crippen LogP contribution in [-0.4, -0.2) is 59.7 Å². The number of aromatic amines is 1. The maximum atomic E-state index is 13.9. The Morgan fingerprint density at radius 1 is 1.05 bits per heavy atom. The molecule has 2 fully saturated rings. The summed E-state index contributed by atoms with van der Waals surface area (Å²) in [5, 5.41) is 3.06. The Hall–Kier alpha value is -3.49. The zero-order valence-electron chi connectivity index (χ0n) is 27.3. The third kappa shape index (κ3) is 7.41. The van der Waals surface area contributed by atoms with Gasteiger partial charge in [0.25, 0.3) is 11.5 Å². The lowest BCUT2D eigenvalue weighted by atomic mass is 9.79. The minimum absolute atomic E-state index is 0.157. The Bertz CT molecular complexity index is 1500. The van der Waals surface area contributed by atoms with Crippen LogP contribution in [0.1, 0.15) is 78.5 Å². The summed E-state index contributed by atoms with van der Waals surface area (Å²) in [6.07, 6.45) is 5.50. The molecule has 1 aromatic carbocycles. The van der Waals surface area contributed by atoms with E-state index in [0.717, 1.165) is 91.6 Å². The van der Waals surface area contributed by atoms with E-state index in [1.54, 1.807) is 0 Å². The van der Waals surface area contributed by atoms with E-state index < -0.39 is 0 Å². The van der Waals surface area contributed by atoms with Gasteiger partial charge in [-0.1, -0.05) is 19.9 Å². The molecule has 3 aromatic rings. The van der Waals surface area contributed by atoms with Crippen LogP contribution in [0.5, 0.6) is 0 Å². The Morgan fingerprint density at radius 2 is 1.77 bits per heavy atom. The average Bonchev–Trinajstić information content (AvgIpc) is 2.98. The first-order valence-electron chi connectivity index (χ1n) is 16.3. The van der Waals surface area contributed by atoms with Crippen molar-refractivity contribution in [1.82, 2.24) is 20.2 Å². The monoisotopic (exact) mass is 599 g/mol. The molecule has 0 spiro atoms. The third-order valence-corrected chi connectivity index (χ3v) is 9.44. The topological polar surface area (TPSA) is 90.6 Å². The fourth-order valence-corrected chi connectivity index (χ4v) is 7.23. The van der Waals surface area contributed by atoms with E-state index in [4.69, 9.17) is 9.72 Å². The van der Waals surface area contributed by atoms with Gasteiger partial charge < -0.3 is 19.9 Å². The van der Waals surface area contributed by atoms with Crippen molar-refractivity contribution in [1.29, 1.82) is 0 Å². The van der Waals surface area contributed by atoms with Gasteiger partial charge in [-0.05, 0) is 99.7 Å². The van der Waals surface area contributed by atoms with Crippen molar-refractivity contribution >= 4 is 11.6 Å². The van der Waals surface area contributed by atoms with Crippen LogP contribution in [0.3, 0.4) is 0 Å². The van der Waals surface area contributed by atoms with Gasteiger partial charge in [-0.25, -0.2) is 0 Å². The summed E-state index contributed by atoms with van der Waals surface area (Å²) in [5.41, 5.74) is 7.79. The highest BCUT2D eigenvalue weighted by Gasteiger charge is 2.30. The molecule has 1 aliphatic carbocycles. The number of anilines is 1. The number of nitrogens with one attached hydrogen (secondary N) is 2. The highest BCUT2D eigenvalue weighted by atomic mass is 16.5. The molecule has 0 unspecified atom stereocenters. The normalized spacial score (nSPS) is 20.8. The van der Waals surface area contributed by atoms with Gasteiger partial charge in [-0.15, -0.1) is 0 Å². The number of carbonyl (C=O) groups is 1. The zero-order valence-corrected chi connectivity index (χ0v) is 27.3. The molecule has 2 N–H and O–H groups in total. The first kappa shape index (κ1) is 31.9. The van der Waals surface area contributed by atoms with E-state index in [1.165, 1.54) is 6.42 Å². The van der Waals surface area contributed by atoms with E-state index in [2.05, 4.69) is 66.0 Å². The highest BCUT2D eigenvalue weighted by molar-refractivity contribution is 5.99. The molecule has 5 rings (SSSR count). The maximum Gasteiger partial charge on any atom is 0.253 e. The number of aromatic nitrogens is 2. The number of pyridine rings is 2. The maximum absolute atomic E-state index is 13.9. The molecule has 8 heteroatoms. The van der Waals surface area contributed by atoms with Crippen LogP contribution in [0, 0.1) is 32.6 Å². The summed E-state index contributed by atoms with van der Waals surface area (Å²) < 4.78 is 5.49. The van der Waals surface area contributed by atoms with Crippen molar-refractivity contribution in [2.45, 2.75) is 79.9 Å². The largest absolute Gasteiger partial charge is 0.379 e. The first-order valence-corrected chi connectivity index (χ1v) is 16.3. The average molecular weight is 600 g/mol. The Balaban J connectivity index is 1.48. The predicted octanol–water partition coefficient (Wildman–Crippen LogP) is 5.78. The summed E-state index contributed by atoms with van der Waals surface area (Å²) >= 11 is 0. The summed E-state index contributed by atoms with van der Waals surface area (Å²) in [6.45, 7) is 18.0. The lowest BCUT2D eigenvalue weighted by Crippen LogP contribution is -2.41. The molecule has 2 aromatic heterocycles. The number of aryl methyl sites for hydroxylation is 2. The van der Waals surface area contributed by atoms with Crippen molar-refractivity contribution in [3.05, 3.63) is 80.5 Å². The van der Waals surface area contributed by atoms with E-state index in [-0.39, 0.29) is 18.0 Å². The van der Waals surface area contributed by atoms with Crippen molar-refractivity contribution in [3.63, 3.8) is 0 Å². The molecule has 0 bridgehead atoms. The molecule has 1 amide bonds. The number of benzene rings is 1. The molecule has 3 heterocycles. The van der Waals surface area contributed by atoms with E-state index in [0.29, 0.717) is 29.0 Å². The summed E-state index contributed by atoms with van der Waals surface area (Å²) in [5.74, 6) is 1.16. The smallest absolute Gasteiger partial charge is 0.253 e. The fraction of sp³-hybridized carbons (Fsp3) is 0.528. The van der Waals surface area contributed by atoms with Crippen molar-refractivity contribution in [3.8, 4) is 11.1 Å². The van der Waals surface area contributed by atoms with Gasteiger partial charge in [-0.3, -0.25) is 19.5 Å². The molecule has 1 saturated heterocycles. The van der Waals surface area contributed by atoms with Crippen molar-refractivity contribution < 1.29 is 9.53 Å². The minimum Gasteiger partial charge on any atom is -0.379 e. The second-order valence-electron chi connectivity index (χ2n) is 13.1. The van der Waals surface area contributed by atoms with E-state index in [1.807, 2.05) is 32.2 Å². The number of hydrogen-bond acceptors (Lipinski definition) is 6. The lowest BCUT2D eigenvalue weighted by molar-refractivity contribution is 0.0336. The summed E-state index contributed by atoms with van der Waals surface area (Å²) in [6, 6.07) is 10.8. The standard InChI is InChI=1S/C36H49N5O3/c1-7-41(31-15-23(2)14-24(3)16-31)34-19-29(28-8-9-30(37-20-28)22-40-10-12-44-13-11-40)18-32(27(34)6)35(42)38-21-33-25(4)17-26(5)39-36(33)43/h8-9,17-20,23-24,31H,7,10-16,21-22H2,1-6H3,(H,38,42)(H,39,43)/t23-,24-/m0/s1. The van der Waals surface area contributed by atoms with Crippen LogP contribution in [0.2, 0.25) is 0 Å². The molecule has 8 nitrogen and oxygen atoms in total. The number of rotatable bonds is 9. The molecule has 44 heavy (non-hydrogen) atoms. The van der Waals surface area contributed by atoms with Crippen LogP contribution in [0.25, 0.3) is 11.1 Å². The van der Waals surface area contributed by atoms with Crippen molar-refractivity contribution in [2.75, 3.05) is 37.7 Å². The number of H-pyrrole nitrogens is 1. The quantitative estimate of drug-likeness (QED) is 0.324. The van der Waals surface area contributed by atoms with Gasteiger partial charge >= 0.3 is 0 Å². The zero-order chi connectivity index (χ0) is 31.4. The van der Waals surface area contributed by atoms with Gasteiger partial charge in [0.1, 0.15) is 0 Å². The number of carbonyl (C=O) groups excluding carboxylic acids is 1. The van der Waals surface area contributed by atoms with Gasteiger partial charge in [0.15, 0.2) is 0 Å². The van der Waals surface area contributed by atoms with Crippen LogP contribution in [0.4, 0.5) is 5.69 Å². The van der Waals surface area contributed by atoms with Crippen LogP contribution in [0.15, 0.2) is 41.3 Å². The first-order chi connectivity index (χ1) is 21.1. The number of hydrogen-bond donors (Lipinski definition) is 2. The van der Waals surface area contributed by atoms with E-state index >= 15 is 0 Å². The van der Waals surface area contributed by atoms with Gasteiger partial charge in [0, 0.05) is 73.0 Å². The lowest BCUT2D eigenvalue weighted by Gasteiger charge is -2.41. The van der Waals surface area contributed by atoms with Gasteiger partial charge in [0.05, 0.1) is 18.9 Å². The van der Waals surface area contributed by atoms with Crippen molar-refractivity contribution in [2.24, 2.45) is 11.8 Å². The molecule has 2 atom stereocenters. The Kier molecular flexibility index (Phi) is 10.2. The molecule has 1 saturated carbocycles. The second kappa shape index (κ2) is 14.1. The SMILES string of the molecule is CCN(c1cc(-c2ccc(CN3CCOCC3)nc2)cc(C(=O)NCc2c(C)cc(C)[nH]c2=O)c1C)C1C[C@@H](C)C[C@H](C)C1. The summed E-state index contributed by atoms with van der Waals surface area (Å²) in [4.78, 5) is 39.1. The highest BCUT2D eigenvalue weighted by Crippen LogP contribution is 2.37.